The standard InChI is InChI=1S/C23H24F3N7O2/c1-34-17-8-14(9-27-30-17)32-10-12-2-3-13(11-32)20(12)28-23-29-22-21(35-7-6-33(22)31-23)15-4-5-16(24)19(26)18(15)25/h4-5,8-9,12-13,20-21H,2-3,6-7,10-11H2,1H3,(H,28,31)/t12-,13+,20?,21-/m1/s1. The molecule has 9 nitrogen and oxygen atoms in total. The molecule has 1 saturated carbocycles. The summed E-state index contributed by atoms with van der Waals surface area (Å²) in [4.78, 5) is 6.88. The molecule has 12 heteroatoms. The van der Waals surface area contributed by atoms with Gasteiger partial charge in [0.1, 0.15) is 6.10 Å². The quantitative estimate of drug-likeness (QED) is 0.550. The van der Waals surface area contributed by atoms with Crippen LogP contribution in [-0.2, 0) is 11.3 Å². The molecule has 1 saturated heterocycles. The van der Waals surface area contributed by atoms with Crippen molar-refractivity contribution in [3.05, 3.63) is 53.2 Å². The molecule has 0 spiro atoms. The number of methoxy groups -OCH3 is 1. The van der Waals surface area contributed by atoms with Crippen molar-refractivity contribution < 1.29 is 22.6 Å². The highest BCUT2D eigenvalue weighted by Crippen LogP contribution is 2.40. The van der Waals surface area contributed by atoms with E-state index in [0.717, 1.165) is 37.7 Å². The monoisotopic (exact) mass is 487 g/mol. The maximum atomic E-state index is 14.5. The van der Waals surface area contributed by atoms with Gasteiger partial charge in [0.05, 0.1) is 32.1 Å². The van der Waals surface area contributed by atoms with Crippen LogP contribution >= 0.6 is 0 Å². The van der Waals surface area contributed by atoms with E-state index in [-0.39, 0.29) is 18.2 Å². The first-order chi connectivity index (χ1) is 17.0. The van der Waals surface area contributed by atoms with E-state index in [9.17, 15) is 13.2 Å². The number of hydrogen-bond acceptors (Lipinski definition) is 8. The van der Waals surface area contributed by atoms with E-state index >= 15 is 0 Å². The third-order valence-electron chi connectivity index (χ3n) is 7.19. The summed E-state index contributed by atoms with van der Waals surface area (Å²) in [5.74, 6) is -2.00. The summed E-state index contributed by atoms with van der Waals surface area (Å²) in [7, 11) is 1.57. The maximum absolute atomic E-state index is 14.5. The number of rotatable bonds is 5. The number of ether oxygens (including phenoxy) is 2. The fraction of sp³-hybridized carbons (Fsp3) is 0.478. The highest BCUT2D eigenvalue weighted by molar-refractivity contribution is 5.48. The van der Waals surface area contributed by atoms with Gasteiger partial charge in [0.2, 0.25) is 11.8 Å². The number of hydrogen-bond donors (Lipinski definition) is 1. The molecule has 2 aromatic heterocycles. The molecule has 1 aliphatic carbocycles. The Morgan fingerprint density at radius 3 is 2.69 bits per heavy atom. The van der Waals surface area contributed by atoms with Crippen molar-refractivity contribution >= 4 is 11.6 Å². The molecular weight excluding hydrogens is 463 g/mol. The van der Waals surface area contributed by atoms with Crippen molar-refractivity contribution in [1.29, 1.82) is 0 Å². The van der Waals surface area contributed by atoms with Gasteiger partial charge in [0.25, 0.3) is 0 Å². The highest BCUT2D eigenvalue weighted by Gasteiger charge is 2.43. The Bertz CT molecular complexity index is 1240. The van der Waals surface area contributed by atoms with Crippen LogP contribution in [0.3, 0.4) is 0 Å². The van der Waals surface area contributed by atoms with Gasteiger partial charge in [-0.25, -0.2) is 17.9 Å². The number of benzene rings is 1. The van der Waals surface area contributed by atoms with Crippen molar-refractivity contribution in [1.82, 2.24) is 25.0 Å². The summed E-state index contributed by atoms with van der Waals surface area (Å²) in [6, 6.07) is 4.16. The van der Waals surface area contributed by atoms with E-state index in [0.29, 0.717) is 36.0 Å². The summed E-state index contributed by atoms with van der Waals surface area (Å²) in [6.07, 6.45) is 2.94. The molecule has 4 heterocycles. The van der Waals surface area contributed by atoms with Crippen LogP contribution in [0.15, 0.2) is 24.4 Å². The fourth-order valence-corrected chi connectivity index (χ4v) is 5.51. The molecule has 2 aliphatic heterocycles. The van der Waals surface area contributed by atoms with Gasteiger partial charge in [-0.2, -0.15) is 10.1 Å². The average molecular weight is 487 g/mol. The molecule has 4 atom stereocenters. The normalized spacial score (nSPS) is 25.4. The second-order valence-electron chi connectivity index (χ2n) is 9.16. The Morgan fingerprint density at radius 2 is 1.91 bits per heavy atom. The predicted octanol–water partition coefficient (Wildman–Crippen LogP) is 2.94. The van der Waals surface area contributed by atoms with Crippen LogP contribution in [0.1, 0.15) is 30.3 Å². The Labute approximate surface area is 199 Å². The average Bonchev–Trinajstić information content (AvgIpc) is 3.38. The molecule has 2 bridgehead atoms. The molecule has 1 aromatic carbocycles. The minimum Gasteiger partial charge on any atom is -0.480 e. The zero-order valence-corrected chi connectivity index (χ0v) is 19.0. The molecule has 2 fully saturated rings. The molecule has 1 unspecified atom stereocenters. The van der Waals surface area contributed by atoms with Gasteiger partial charge in [-0.3, -0.25) is 0 Å². The zero-order valence-electron chi connectivity index (χ0n) is 19.0. The third kappa shape index (κ3) is 3.85. The lowest BCUT2D eigenvalue weighted by molar-refractivity contribution is 0.0364. The molecular formula is C23H24F3N7O2. The largest absolute Gasteiger partial charge is 0.480 e. The molecule has 0 amide bonds. The lowest BCUT2D eigenvalue weighted by atomic mass is 9.92. The fourth-order valence-electron chi connectivity index (χ4n) is 5.51. The lowest BCUT2D eigenvalue weighted by Gasteiger charge is -2.39. The molecule has 184 valence electrons. The van der Waals surface area contributed by atoms with E-state index in [1.165, 1.54) is 6.07 Å². The van der Waals surface area contributed by atoms with Gasteiger partial charge in [-0.05, 0) is 36.8 Å². The topological polar surface area (TPSA) is 90.2 Å². The first-order valence-corrected chi connectivity index (χ1v) is 11.6. The van der Waals surface area contributed by atoms with Crippen LogP contribution in [-0.4, -0.2) is 57.8 Å². The number of halogens is 3. The number of fused-ring (bicyclic) bond motifs is 3. The van der Waals surface area contributed by atoms with Gasteiger partial charge in [-0.1, -0.05) is 0 Å². The van der Waals surface area contributed by atoms with Gasteiger partial charge >= 0.3 is 0 Å². The maximum Gasteiger partial charge on any atom is 0.242 e. The van der Waals surface area contributed by atoms with Crippen LogP contribution < -0.4 is 15.0 Å². The van der Waals surface area contributed by atoms with E-state index < -0.39 is 23.6 Å². The summed E-state index contributed by atoms with van der Waals surface area (Å²) < 4.78 is 54.3. The SMILES string of the molecule is COc1cc(N2C[C@H]3CC[C@@H](C2)C3Nc2nc3n(n2)CCO[C@@H]3c2ccc(F)c(F)c2F)cnn1. The smallest absolute Gasteiger partial charge is 0.242 e. The van der Waals surface area contributed by atoms with Crippen molar-refractivity contribution in [2.45, 2.75) is 31.5 Å². The summed E-state index contributed by atoms with van der Waals surface area (Å²) in [5.41, 5.74) is 0.884. The Kier molecular flexibility index (Phi) is 5.47. The van der Waals surface area contributed by atoms with E-state index in [2.05, 4.69) is 30.5 Å². The van der Waals surface area contributed by atoms with Crippen molar-refractivity contribution in [2.24, 2.45) is 11.8 Å². The Morgan fingerprint density at radius 1 is 1.11 bits per heavy atom. The first-order valence-electron chi connectivity index (χ1n) is 11.6. The van der Waals surface area contributed by atoms with Crippen LogP contribution in [0.5, 0.6) is 5.88 Å². The second kappa shape index (κ2) is 8.67. The molecule has 3 aliphatic rings. The van der Waals surface area contributed by atoms with Crippen molar-refractivity contribution in [3.63, 3.8) is 0 Å². The zero-order chi connectivity index (χ0) is 24.1. The lowest BCUT2D eigenvalue weighted by Crippen LogP contribution is -2.48. The minimum atomic E-state index is -1.52. The van der Waals surface area contributed by atoms with Gasteiger partial charge < -0.3 is 19.7 Å². The summed E-state index contributed by atoms with van der Waals surface area (Å²) >= 11 is 0. The van der Waals surface area contributed by atoms with E-state index in [1.54, 1.807) is 18.0 Å². The number of anilines is 2. The van der Waals surface area contributed by atoms with Gasteiger partial charge in [-0.15, -0.1) is 10.2 Å². The third-order valence-corrected chi connectivity index (χ3v) is 7.19. The van der Waals surface area contributed by atoms with E-state index in [1.807, 2.05) is 6.07 Å². The summed E-state index contributed by atoms with van der Waals surface area (Å²) in [6.45, 7) is 2.39. The molecule has 6 rings (SSSR count). The molecule has 1 N–H and O–H groups in total. The number of aromatic nitrogens is 5. The molecule has 3 aromatic rings. The molecule has 0 radical (unpaired) electrons. The predicted molar refractivity (Wildman–Crippen MR) is 119 cm³/mol. The van der Waals surface area contributed by atoms with E-state index in [4.69, 9.17) is 9.47 Å². The summed E-state index contributed by atoms with van der Waals surface area (Å²) in [5, 5.41) is 16.0. The van der Waals surface area contributed by atoms with Crippen molar-refractivity contribution in [3.8, 4) is 5.88 Å². The number of nitrogens with zero attached hydrogens (tertiary/aromatic N) is 6. The number of piperidine rings is 1. The highest BCUT2D eigenvalue weighted by atomic mass is 19.2. The van der Waals surface area contributed by atoms with Crippen LogP contribution in [0.25, 0.3) is 0 Å². The van der Waals surface area contributed by atoms with Crippen LogP contribution in [0, 0.1) is 29.3 Å². The number of nitrogens with one attached hydrogen (secondary N) is 1. The Hall–Kier alpha value is -3.41. The van der Waals surface area contributed by atoms with Crippen LogP contribution in [0.2, 0.25) is 0 Å². The second-order valence-corrected chi connectivity index (χ2v) is 9.16. The first kappa shape index (κ1) is 22.1. The molecule has 35 heavy (non-hydrogen) atoms. The Balaban J connectivity index is 1.21. The van der Waals surface area contributed by atoms with Gasteiger partial charge in [0.15, 0.2) is 23.3 Å². The minimum absolute atomic E-state index is 0.0985. The van der Waals surface area contributed by atoms with Crippen molar-refractivity contribution in [2.75, 3.05) is 37.0 Å². The van der Waals surface area contributed by atoms with Gasteiger partial charge in [0, 0.05) is 30.8 Å². The van der Waals surface area contributed by atoms with Crippen LogP contribution in [0.4, 0.5) is 24.8 Å².